The fraction of sp³-hybridized carbons (Fsp3) is 0.429. The molecule has 1 aromatic carbocycles. The summed E-state index contributed by atoms with van der Waals surface area (Å²) < 4.78 is 5.37. The first-order chi connectivity index (χ1) is 13.5. The number of hydrogen-bond donors (Lipinski definition) is 2. The van der Waals surface area contributed by atoms with Gasteiger partial charge in [0.15, 0.2) is 0 Å². The quantitative estimate of drug-likeness (QED) is 0.748. The van der Waals surface area contributed by atoms with E-state index in [2.05, 4.69) is 15.5 Å². The summed E-state index contributed by atoms with van der Waals surface area (Å²) in [7, 11) is 0. The summed E-state index contributed by atoms with van der Waals surface area (Å²) in [5.74, 6) is -0.449. The minimum absolute atomic E-state index is 0.0236. The molecule has 0 aliphatic carbocycles. The lowest BCUT2D eigenvalue weighted by atomic mass is 10.0. The predicted octanol–water partition coefficient (Wildman–Crippen LogP) is 2.97. The van der Waals surface area contributed by atoms with Gasteiger partial charge in [0.2, 0.25) is 5.91 Å². The van der Waals surface area contributed by atoms with Crippen molar-refractivity contribution in [1.82, 2.24) is 10.2 Å². The van der Waals surface area contributed by atoms with E-state index in [4.69, 9.17) is 4.74 Å². The molecule has 1 aromatic heterocycles. The van der Waals surface area contributed by atoms with Crippen LogP contribution in [0.1, 0.15) is 29.1 Å². The molecule has 0 radical (unpaired) electrons. The Balaban J connectivity index is 1.57. The number of ether oxygens (including phenoxy) is 1. The van der Waals surface area contributed by atoms with Crippen molar-refractivity contribution in [1.29, 1.82) is 0 Å². The summed E-state index contributed by atoms with van der Waals surface area (Å²) in [6.45, 7) is 8.17. The standard InChI is InChI=1S/C21H27N3O3S/c1-15(2)19(23-20(25)18-4-3-13-28-18)21(26)22-17-7-5-16(6-8-17)14-24-9-11-27-12-10-24/h3-8,13,15,19H,9-12,14H2,1-2H3,(H,22,26)(H,23,25)/t19-/m1/s1. The average Bonchev–Trinajstić information content (AvgIpc) is 3.23. The van der Waals surface area contributed by atoms with E-state index in [9.17, 15) is 9.59 Å². The van der Waals surface area contributed by atoms with Crippen LogP contribution in [0.15, 0.2) is 41.8 Å². The van der Waals surface area contributed by atoms with E-state index in [1.807, 2.05) is 49.6 Å². The van der Waals surface area contributed by atoms with Gasteiger partial charge in [0.25, 0.3) is 5.91 Å². The Kier molecular flexibility index (Phi) is 7.19. The smallest absolute Gasteiger partial charge is 0.262 e. The number of amides is 2. The number of carbonyl (C=O) groups excluding carboxylic acids is 2. The van der Waals surface area contributed by atoms with Crippen LogP contribution < -0.4 is 10.6 Å². The molecule has 2 amide bonds. The molecular weight excluding hydrogens is 374 g/mol. The molecule has 0 spiro atoms. The molecule has 2 aromatic rings. The summed E-state index contributed by atoms with van der Waals surface area (Å²) in [5.41, 5.74) is 1.93. The first kappa shape index (κ1) is 20.5. The third-order valence-electron chi connectivity index (χ3n) is 4.71. The van der Waals surface area contributed by atoms with Crippen molar-refractivity contribution >= 4 is 28.8 Å². The van der Waals surface area contributed by atoms with Gasteiger partial charge >= 0.3 is 0 Å². The van der Waals surface area contributed by atoms with E-state index in [1.165, 1.54) is 16.9 Å². The summed E-state index contributed by atoms with van der Waals surface area (Å²) in [5, 5.41) is 7.61. The Bertz CT molecular complexity index is 769. The second kappa shape index (κ2) is 9.82. The molecule has 1 atom stereocenters. The van der Waals surface area contributed by atoms with Crippen LogP contribution >= 0.6 is 11.3 Å². The third kappa shape index (κ3) is 5.64. The summed E-state index contributed by atoms with van der Waals surface area (Å²) in [6.07, 6.45) is 0. The summed E-state index contributed by atoms with van der Waals surface area (Å²) in [4.78, 5) is 28.0. The zero-order chi connectivity index (χ0) is 19.9. The molecule has 1 fully saturated rings. The number of nitrogens with zero attached hydrogens (tertiary/aromatic N) is 1. The monoisotopic (exact) mass is 401 g/mol. The normalized spacial score (nSPS) is 16.0. The van der Waals surface area contributed by atoms with E-state index < -0.39 is 6.04 Å². The van der Waals surface area contributed by atoms with Crippen molar-refractivity contribution < 1.29 is 14.3 Å². The van der Waals surface area contributed by atoms with E-state index in [0.717, 1.165) is 38.5 Å². The van der Waals surface area contributed by atoms with Crippen LogP contribution in [0.4, 0.5) is 5.69 Å². The summed E-state index contributed by atoms with van der Waals surface area (Å²) in [6, 6.07) is 10.9. The van der Waals surface area contributed by atoms with Crippen molar-refractivity contribution in [3.63, 3.8) is 0 Å². The molecule has 1 aliphatic rings. The molecule has 28 heavy (non-hydrogen) atoms. The predicted molar refractivity (Wildman–Crippen MR) is 112 cm³/mol. The number of carbonyl (C=O) groups is 2. The maximum absolute atomic E-state index is 12.7. The first-order valence-electron chi connectivity index (χ1n) is 9.57. The first-order valence-corrected chi connectivity index (χ1v) is 10.4. The van der Waals surface area contributed by atoms with Gasteiger partial charge < -0.3 is 15.4 Å². The van der Waals surface area contributed by atoms with Crippen LogP contribution in [0.2, 0.25) is 0 Å². The molecule has 1 saturated heterocycles. The molecular formula is C21H27N3O3S. The maximum atomic E-state index is 12.7. The number of thiophene rings is 1. The Hall–Kier alpha value is -2.22. The van der Waals surface area contributed by atoms with Crippen molar-refractivity contribution in [2.75, 3.05) is 31.6 Å². The van der Waals surface area contributed by atoms with Crippen LogP contribution in [0.25, 0.3) is 0 Å². The number of rotatable bonds is 7. The zero-order valence-corrected chi connectivity index (χ0v) is 17.1. The highest BCUT2D eigenvalue weighted by atomic mass is 32.1. The average molecular weight is 402 g/mol. The zero-order valence-electron chi connectivity index (χ0n) is 16.3. The van der Waals surface area contributed by atoms with Gasteiger partial charge in [-0.3, -0.25) is 14.5 Å². The van der Waals surface area contributed by atoms with Gasteiger partial charge in [0.1, 0.15) is 6.04 Å². The Morgan fingerprint density at radius 2 is 1.86 bits per heavy atom. The van der Waals surface area contributed by atoms with Gasteiger partial charge in [-0.05, 0) is 35.1 Å². The van der Waals surface area contributed by atoms with E-state index >= 15 is 0 Å². The molecule has 150 valence electrons. The molecule has 1 aliphatic heterocycles. The molecule has 0 saturated carbocycles. The number of hydrogen-bond acceptors (Lipinski definition) is 5. The van der Waals surface area contributed by atoms with Gasteiger partial charge in [-0.25, -0.2) is 0 Å². The minimum Gasteiger partial charge on any atom is -0.379 e. The van der Waals surface area contributed by atoms with Crippen molar-refractivity contribution in [2.45, 2.75) is 26.4 Å². The second-order valence-electron chi connectivity index (χ2n) is 7.25. The van der Waals surface area contributed by atoms with Gasteiger partial charge in [0.05, 0.1) is 18.1 Å². The van der Waals surface area contributed by atoms with E-state index in [0.29, 0.717) is 4.88 Å². The van der Waals surface area contributed by atoms with Gasteiger partial charge in [-0.1, -0.05) is 32.0 Å². The van der Waals surface area contributed by atoms with Crippen LogP contribution in [-0.4, -0.2) is 49.1 Å². The maximum Gasteiger partial charge on any atom is 0.262 e. The Morgan fingerprint density at radius 3 is 2.46 bits per heavy atom. The molecule has 3 rings (SSSR count). The molecule has 0 unspecified atom stereocenters. The van der Waals surface area contributed by atoms with Crippen molar-refractivity contribution in [3.05, 3.63) is 52.2 Å². The molecule has 2 N–H and O–H groups in total. The highest BCUT2D eigenvalue weighted by molar-refractivity contribution is 7.12. The van der Waals surface area contributed by atoms with Crippen LogP contribution in [0.5, 0.6) is 0 Å². The number of morpholine rings is 1. The SMILES string of the molecule is CC(C)[C@@H](NC(=O)c1cccs1)C(=O)Nc1ccc(CN2CCOCC2)cc1. The fourth-order valence-electron chi connectivity index (χ4n) is 3.09. The second-order valence-corrected chi connectivity index (χ2v) is 8.19. The Morgan fingerprint density at radius 1 is 1.14 bits per heavy atom. The van der Waals surface area contributed by atoms with E-state index in [1.54, 1.807) is 6.07 Å². The minimum atomic E-state index is -0.595. The molecule has 2 heterocycles. The number of nitrogens with one attached hydrogen (secondary N) is 2. The lowest BCUT2D eigenvalue weighted by molar-refractivity contribution is -0.118. The topological polar surface area (TPSA) is 70.7 Å². The van der Waals surface area contributed by atoms with Crippen molar-refractivity contribution in [3.8, 4) is 0 Å². The Labute approximate surface area is 169 Å². The molecule has 7 heteroatoms. The number of anilines is 1. The third-order valence-corrected chi connectivity index (χ3v) is 5.58. The van der Waals surface area contributed by atoms with Gasteiger partial charge in [-0.15, -0.1) is 11.3 Å². The lowest BCUT2D eigenvalue weighted by Crippen LogP contribution is -2.46. The summed E-state index contributed by atoms with van der Waals surface area (Å²) >= 11 is 1.36. The lowest BCUT2D eigenvalue weighted by Gasteiger charge is -2.26. The molecule has 6 nitrogen and oxygen atoms in total. The highest BCUT2D eigenvalue weighted by Gasteiger charge is 2.25. The van der Waals surface area contributed by atoms with E-state index in [-0.39, 0.29) is 17.7 Å². The fourth-order valence-corrected chi connectivity index (χ4v) is 3.71. The van der Waals surface area contributed by atoms with Crippen molar-refractivity contribution in [2.24, 2.45) is 5.92 Å². The van der Waals surface area contributed by atoms with Crippen LogP contribution in [0, 0.1) is 5.92 Å². The van der Waals surface area contributed by atoms with Crippen LogP contribution in [-0.2, 0) is 16.1 Å². The van der Waals surface area contributed by atoms with Gasteiger partial charge in [0, 0.05) is 25.3 Å². The van der Waals surface area contributed by atoms with Gasteiger partial charge in [-0.2, -0.15) is 0 Å². The molecule has 0 bridgehead atoms. The van der Waals surface area contributed by atoms with Crippen LogP contribution in [0.3, 0.4) is 0 Å². The highest BCUT2D eigenvalue weighted by Crippen LogP contribution is 2.15. The number of benzene rings is 1. The largest absolute Gasteiger partial charge is 0.379 e.